The highest BCUT2D eigenvalue weighted by atomic mass is 35.5. The van der Waals surface area contributed by atoms with Crippen molar-refractivity contribution in [1.82, 2.24) is 4.90 Å². The molecule has 0 aliphatic carbocycles. The van der Waals surface area contributed by atoms with E-state index in [0.29, 0.717) is 54.9 Å². The molecule has 192 valence electrons. The van der Waals surface area contributed by atoms with Gasteiger partial charge in [0, 0.05) is 63.5 Å². The van der Waals surface area contributed by atoms with Crippen molar-refractivity contribution in [2.24, 2.45) is 5.92 Å². The lowest BCUT2D eigenvalue weighted by molar-refractivity contribution is -0.384. The van der Waals surface area contributed by atoms with Gasteiger partial charge in [0.05, 0.1) is 26.9 Å². The van der Waals surface area contributed by atoms with E-state index in [4.69, 9.17) is 11.6 Å². The van der Waals surface area contributed by atoms with E-state index < -0.39 is 10.8 Å². The molecule has 2 aliphatic heterocycles. The molecule has 0 unspecified atom stereocenters. The predicted octanol–water partition coefficient (Wildman–Crippen LogP) is 4.80. The van der Waals surface area contributed by atoms with E-state index >= 15 is 0 Å². The van der Waals surface area contributed by atoms with Crippen molar-refractivity contribution in [3.8, 4) is 0 Å². The van der Waals surface area contributed by atoms with Crippen LogP contribution in [-0.4, -0.2) is 60.9 Å². The first-order valence-electron chi connectivity index (χ1n) is 12.4. The maximum atomic E-state index is 13.2. The Bertz CT molecular complexity index is 1140. The van der Waals surface area contributed by atoms with Crippen LogP contribution in [0.15, 0.2) is 36.4 Å². The summed E-state index contributed by atoms with van der Waals surface area (Å²) in [6.07, 6.45) is 2.60. The van der Waals surface area contributed by atoms with Crippen LogP contribution in [0.2, 0.25) is 5.02 Å². The summed E-state index contributed by atoms with van der Waals surface area (Å²) in [7, 11) is 0. The maximum Gasteiger partial charge on any atom is 0.270 e. The fourth-order valence-corrected chi connectivity index (χ4v) is 5.07. The second-order valence-electron chi connectivity index (χ2n) is 9.74. The topological polar surface area (TPSA) is 99.0 Å². The molecule has 0 saturated carbocycles. The number of benzene rings is 2. The molecule has 0 atom stereocenters. The van der Waals surface area contributed by atoms with Crippen LogP contribution in [-0.2, 0) is 4.79 Å². The molecule has 1 N–H and O–H groups in total. The third kappa shape index (κ3) is 5.90. The Morgan fingerprint density at radius 1 is 0.972 bits per heavy atom. The number of non-ortho nitro benzene ring substituents is 1. The fourth-order valence-electron chi connectivity index (χ4n) is 4.77. The number of nitrogens with one attached hydrogen (secondary N) is 1. The van der Waals surface area contributed by atoms with Crippen LogP contribution >= 0.6 is 11.6 Å². The molecule has 9 nitrogen and oxygen atoms in total. The number of rotatable bonds is 7. The maximum absolute atomic E-state index is 13.2. The number of hydrogen-bond donors (Lipinski definition) is 1. The number of hydrogen-bond acceptors (Lipinski definition) is 6. The van der Waals surface area contributed by atoms with Gasteiger partial charge < -0.3 is 20.0 Å². The number of halogens is 1. The van der Waals surface area contributed by atoms with Crippen molar-refractivity contribution in [2.75, 3.05) is 54.4 Å². The number of anilines is 3. The van der Waals surface area contributed by atoms with Gasteiger partial charge in [-0.3, -0.25) is 19.7 Å². The summed E-state index contributed by atoms with van der Waals surface area (Å²) in [6, 6.07) is 9.75. The quantitative estimate of drug-likeness (QED) is 0.422. The average molecular weight is 514 g/mol. The number of carbonyl (C=O) groups is 2. The van der Waals surface area contributed by atoms with Crippen LogP contribution in [0.3, 0.4) is 0 Å². The molecule has 4 rings (SSSR count). The molecular formula is C26H32ClN5O4. The van der Waals surface area contributed by atoms with Gasteiger partial charge in [0.1, 0.15) is 0 Å². The minimum atomic E-state index is -0.494. The Labute approximate surface area is 216 Å². The number of nitrogens with zero attached hydrogens (tertiary/aromatic N) is 4. The monoisotopic (exact) mass is 513 g/mol. The number of carbonyl (C=O) groups excluding carboxylic acids is 2. The highest BCUT2D eigenvalue weighted by Crippen LogP contribution is 2.32. The zero-order chi connectivity index (χ0) is 25.8. The fraction of sp³-hybridized carbons (Fsp3) is 0.462. The molecular weight excluding hydrogens is 482 g/mol. The summed E-state index contributed by atoms with van der Waals surface area (Å²) >= 11 is 6.59. The SMILES string of the molecule is CC(C)CC(=O)N1CCN(c2ccc(NC(=O)c3cc([N+](=O)[O-])ccc3N3CCCC3)cc2Cl)CC1. The molecule has 0 radical (unpaired) electrons. The molecule has 10 heteroatoms. The lowest BCUT2D eigenvalue weighted by Crippen LogP contribution is -2.49. The molecule has 2 amide bonds. The van der Waals surface area contributed by atoms with Crippen molar-refractivity contribution >= 4 is 46.2 Å². The van der Waals surface area contributed by atoms with Gasteiger partial charge in [-0.1, -0.05) is 25.4 Å². The Hall–Kier alpha value is -3.33. The molecule has 0 bridgehead atoms. The van der Waals surface area contributed by atoms with Gasteiger partial charge in [-0.2, -0.15) is 0 Å². The van der Waals surface area contributed by atoms with Gasteiger partial charge in [0.15, 0.2) is 0 Å². The zero-order valence-corrected chi connectivity index (χ0v) is 21.5. The van der Waals surface area contributed by atoms with E-state index in [0.717, 1.165) is 31.6 Å². The van der Waals surface area contributed by atoms with E-state index in [9.17, 15) is 19.7 Å². The van der Waals surface area contributed by atoms with E-state index in [1.165, 1.54) is 12.1 Å². The normalized spacial score (nSPS) is 15.9. The van der Waals surface area contributed by atoms with Crippen LogP contribution in [0.25, 0.3) is 0 Å². The molecule has 2 saturated heterocycles. The summed E-state index contributed by atoms with van der Waals surface area (Å²) in [5.41, 5.74) is 2.20. The first-order valence-corrected chi connectivity index (χ1v) is 12.8. The molecule has 2 aromatic rings. The van der Waals surface area contributed by atoms with Gasteiger partial charge in [0.25, 0.3) is 11.6 Å². The molecule has 2 heterocycles. The largest absolute Gasteiger partial charge is 0.371 e. The summed E-state index contributed by atoms with van der Waals surface area (Å²) in [5.74, 6) is 0.103. The second kappa shape index (κ2) is 11.2. The average Bonchev–Trinajstić information content (AvgIpc) is 3.38. The minimum Gasteiger partial charge on any atom is -0.371 e. The number of amides is 2. The van der Waals surface area contributed by atoms with E-state index in [-0.39, 0.29) is 17.2 Å². The lowest BCUT2D eigenvalue weighted by Gasteiger charge is -2.37. The summed E-state index contributed by atoms with van der Waals surface area (Å²) in [4.78, 5) is 42.5. The molecule has 36 heavy (non-hydrogen) atoms. The Kier molecular flexibility index (Phi) is 7.98. The molecule has 2 aromatic carbocycles. The predicted molar refractivity (Wildman–Crippen MR) is 142 cm³/mol. The minimum absolute atomic E-state index is 0.123. The van der Waals surface area contributed by atoms with Crippen LogP contribution in [0.5, 0.6) is 0 Å². The summed E-state index contributed by atoms with van der Waals surface area (Å²) in [5, 5.41) is 14.7. The Morgan fingerprint density at radius 3 is 2.22 bits per heavy atom. The molecule has 2 fully saturated rings. The van der Waals surface area contributed by atoms with E-state index in [1.54, 1.807) is 18.2 Å². The summed E-state index contributed by atoms with van der Waals surface area (Å²) < 4.78 is 0. The first kappa shape index (κ1) is 25.8. The van der Waals surface area contributed by atoms with Gasteiger partial charge in [-0.25, -0.2) is 0 Å². The molecule has 0 spiro atoms. The third-order valence-corrected chi connectivity index (χ3v) is 6.95. The number of nitro groups is 1. The van der Waals surface area contributed by atoms with E-state index in [1.807, 2.05) is 24.8 Å². The second-order valence-corrected chi connectivity index (χ2v) is 10.1. The van der Waals surface area contributed by atoms with E-state index in [2.05, 4.69) is 15.1 Å². The van der Waals surface area contributed by atoms with Crippen LogP contribution < -0.4 is 15.1 Å². The smallest absolute Gasteiger partial charge is 0.270 e. The van der Waals surface area contributed by atoms with Crippen LogP contribution in [0.1, 0.15) is 43.5 Å². The number of nitro benzene ring substituents is 1. The van der Waals surface area contributed by atoms with Gasteiger partial charge in [-0.15, -0.1) is 0 Å². The van der Waals surface area contributed by atoms with Crippen molar-refractivity contribution < 1.29 is 14.5 Å². The Morgan fingerprint density at radius 2 is 1.61 bits per heavy atom. The molecule has 2 aliphatic rings. The van der Waals surface area contributed by atoms with Crippen molar-refractivity contribution in [2.45, 2.75) is 33.1 Å². The van der Waals surface area contributed by atoms with Crippen molar-refractivity contribution in [3.05, 3.63) is 57.1 Å². The lowest BCUT2D eigenvalue weighted by atomic mass is 10.1. The number of piperazine rings is 1. The van der Waals surface area contributed by atoms with Gasteiger partial charge in [0.2, 0.25) is 5.91 Å². The van der Waals surface area contributed by atoms with Gasteiger partial charge in [-0.05, 0) is 43.0 Å². The van der Waals surface area contributed by atoms with Crippen molar-refractivity contribution in [1.29, 1.82) is 0 Å². The summed E-state index contributed by atoms with van der Waals surface area (Å²) in [6.45, 7) is 8.37. The highest BCUT2D eigenvalue weighted by Gasteiger charge is 2.25. The first-order chi connectivity index (χ1) is 17.2. The highest BCUT2D eigenvalue weighted by molar-refractivity contribution is 6.33. The van der Waals surface area contributed by atoms with Crippen molar-refractivity contribution in [3.63, 3.8) is 0 Å². The third-order valence-electron chi connectivity index (χ3n) is 6.64. The van der Waals surface area contributed by atoms with Crippen LogP contribution in [0, 0.1) is 16.0 Å². The molecule has 0 aromatic heterocycles. The zero-order valence-electron chi connectivity index (χ0n) is 20.7. The van der Waals surface area contributed by atoms with Crippen LogP contribution in [0.4, 0.5) is 22.7 Å². The van der Waals surface area contributed by atoms with Gasteiger partial charge >= 0.3 is 0 Å². The Balaban J connectivity index is 1.46. The standard InChI is InChI=1S/C26H32ClN5O4/c1-18(2)15-25(33)31-13-11-30(12-14-31)24-7-5-19(16-22(24)27)28-26(34)21-17-20(32(35)36)6-8-23(21)29-9-3-4-10-29/h5-8,16-18H,3-4,9-15H2,1-2H3,(H,28,34).